The summed E-state index contributed by atoms with van der Waals surface area (Å²) in [7, 11) is 0. The van der Waals surface area contributed by atoms with Gasteiger partial charge < -0.3 is 19.8 Å². The molecule has 1 aromatic carbocycles. The number of aliphatic imine (C=N–C) groups is 1. The smallest absolute Gasteiger partial charge is 0.242 e. The van der Waals surface area contributed by atoms with Gasteiger partial charge in [-0.3, -0.25) is 20.2 Å². The lowest BCUT2D eigenvalue weighted by Crippen LogP contribution is -2.48. The number of nitriles is 1. The van der Waals surface area contributed by atoms with Crippen molar-refractivity contribution < 1.29 is 18.7 Å². The number of benzene rings is 1. The molecule has 12 nitrogen and oxygen atoms in total. The number of anilines is 1. The van der Waals surface area contributed by atoms with Crippen molar-refractivity contribution in [2.24, 2.45) is 10.4 Å². The average molecular weight is 532 g/mol. The van der Waals surface area contributed by atoms with Crippen molar-refractivity contribution in [1.82, 2.24) is 30.3 Å². The SMILES string of the molecule is CC1(C(=O)NCCC#N)COC(c2nc(-c3ccc(F)cc3)c(-c3ccnc(NN4C=CC=NC4)n3)[nH]2)OC1. The predicted molar refractivity (Wildman–Crippen MR) is 139 cm³/mol. The molecule has 3 N–H and O–H groups in total. The monoisotopic (exact) mass is 531 g/mol. The van der Waals surface area contributed by atoms with Crippen LogP contribution in [0.4, 0.5) is 10.3 Å². The maximum Gasteiger partial charge on any atom is 0.242 e. The van der Waals surface area contributed by atoms with Crippen LogP contribution in [0, 0.1) is 22.6 Å². The molecule has 3 aromatic rings. The van der Waals surface area contributed by atoms with Gasteiger partial charge in [0.25, 0.3) is 0 Å². The zero-order chi connectivity index (χ0) is 27.2. The van der Waals surface area contributed by atoms with E-state index in [4.69, 9.17) is 19.7 Å². The summed E-state index contributed by atoms with van der Waals surface area (Å²) in [5.41, 5.74) is 4.45. The quantitative estimate of drug-likeness (QED) is 0.372. The number of imidazole rings is 1. The number of allylic oxidation sites excluding steroid dienone is 1. The van der Waals surface area contributed by atoms with E-state index in [1.165, 1.54) is 12.1 Å². The lowest BCUT2D eigenvalue weighted by Gasteiger charge is -2.35. The second-order valence-corrected chi connectivity index (χ2v) is 9.19. The van der Waals surface area contributed by atoms with Crippen LogP contribution >= 0.6 is 0 Å². The Morgan fingerprint density at radius 3 is 2.77 bits per heavy atom. The topological polar surface area (TPSA) is 153 Å². The molecule has 2 aliphatic rings. The number of halogens is 1. The van der Waals surface area contributed by atoms with Gasteiger partial charge in [-0.05, 0) is 43.3 Å². The van der Waals surface area contributed by atoms with E-state index in [1.807, 2.05) is 12.3 Å². The van der Waals surface area contributed by atoms with Crippen LogP contribution in [0.15, 0.2) is 53.8 Å². The Labute approximate surface area is 223 Å². The molecule has 0 bridgehead atoms. The predicted octanol–water partition coefficient (Wildman–Crippen LogP) is 2.94. The van der Waals surface area contributed by atoms with Crippen LogP contribution in [-0.2, 0) is 14.3 Å². The average Bonchev–Trinajstić information content (AvgIpc) is 3.40. The van der Waals surface area contributed by atoms with Gasteiger partial charge in [0.15, 0.2) is 5.82 Å². The van der Waals surface area contributed by atoms with Crippen LogP contribution in [0.1, 0.15) is 25.5 Å². The van der Waals surface area contributed by atoms with E-state index in [0.717, 1.165) is 0 Å². The minimum Gasteiger partial charge on any atom is -0.354 e. The number of ether oxygens (including phenoxy) is 2. The largest absolute Gasteiger partial charge is 0.354 e. The zero-order valence-electron chi connectivity index (χ0n) is 21.1. The highest BCUT2D eigenvalue weighted by Gasteiger charge is 2.40. The summed E-state index contributed by atoms with van der Waals surface area (Å²) in [6, 6.07) is 9.68. The van der Waals surface area contributed by atoms with E-state index in [1.54, 1.807) is 48.6 Å². The molecule has 0 saturated carbocycles. The Balaban J connectivity index is 1.40. The van der Waals surface area contributed by atoms with Gasteiger partial charge in [-0.1, -0.05) is 0 Å². The number of rotatable bonds is 8. The van der Waals surface area contributed by atoms with Gasteiger partial charge in [0.1, 0.15) is 12.5 Å². The first kappa shape index (κ1) is 26.0. The number of carbonyl (C=O) groups excluding carboxylic acids is 1. The third-order valence-corrected chi connectivity index (χ3v) is 6.09. The van der Waals surface area contributed by atoms with Crippen LogP contribution < -0.4 is 10.7 Å². The molecule has 13 heteroatoms. The maximum absolute atomic E-state index is 13.7. The molecule has 0 aliphatic carbocycles. The number of H-pyrrole nitrogens is 1. The molecule has 1 amide bonds. The molecular weight excluding hydrogens is 505 g/mol. The molecule has 2 aromatic heterocycles. The first-order chi connectivity index (χ1) is 18.9. The fourth-order valence-corrected chi connectivity index (χ4v) is 3.99. The number of hydrogen-bond donors (Lipinski definition) is 3. The van der Waals surface area contributed by atoms with Crippen LogP contribution in [0.2, 0.25) is 0 Å². The van der Waals surface area contributed by atoms with Crippen molar-refractivity contribution in [2.45, 2.75) is 19.6 Å². The number of carbonyl (C=O) groups is 1. The number of amides is 1. The van der Waals surface area contributed by atoms with Crippen molar-refractivity contribution in [3.63, 3.8) is 0 Å². The van der Waals surface area contributed by atoms with Crippen molar-refractivity contribution >= 4 is 18.1 Å². The van der Waals surface area contributed by atoms with Crippen LogP contribution in [0.25, 0.3) is 22.6 Å². The molecule has 200 valence electrons. The molecule has 4 heterocycles. The molecule has 2 aliphatic heterocycles. The Morgan fingerprint density at radius 1 is 1.26 bits per heavy atom. The number of aromatic amines is 1. The van der Waals surface area contributed by atoms with E-state index in [2.05, 4.69) is 30.7 Å². The maximum atomic E-state index is 13.7. The minimum atomic E-state index is -0.915. The van der Waals surface area contributed by atoms with E-state index in [0.29, 0.717) is 41.1 Å². The summed E-state index contributed by atoms with van der Waals surface area (Å²) >= 11 is 0. The van der Waals surface area contributed by atoms with Crippen LogP contribution in [-0.4, -0.2) is 63.5 Å². The molecule has 0 unspecified atom stereocenters. The molecule has 39 heavy (non-hydrogen) atoms. The van der Waals surface area contributed by atoms with E-state index in [9.17, 15) is 9.18 Å². The van der Waals surface area contributed by atoms with Gasteiger partial charge in [-0.15, -0.1) is 0 Å². The normalized spacial score (nSPS) is 20.4. The highest BCUT2D eigenvalue weighted by atomic mass is 19.1. The highest BCUT2D eigenvalue weighted by Crippen LogP contribution is 2.35. The first-order valence-electron chi connectivity index (χ1n) is 12.2. The van der Waals surface area contributed by atoms with Gasteiger partial charge >= 0.3 is 0 Å². The summed E-state index contributed by atoms with van der Waals surface area (Å²) in [5, 5.41) is 13.2. The Hall–Kier alpha value is -4.67. The second-order valence-electron chi connectivity index (χ2n) is 9.19. The molecule has 5 rings (SSSR count). The second kappa shape index (κ2) is 11.4. The fraction of sp³-hybridized carbons (Fsp3) is 0.308. The third-order valence-electron chi connectivity index (χ3n) is 6.09. The lowest BCUT2D eigenvalue weighted by atomic mass is 9.91. The summed E-state index contributed by atoms with van der Waals surface area (Å²) in [4.78, 5) is 33.7. The highest BCUT2D eigenvalue weighted by molar-refractivity contribution is 5.82. The van der Waals surface area contributed by atoms with Gasteiger partial charge in [-0.2, -0.15) is 5.26 Å². The molecule has 0 radical (unpaired) electrons. The van der Waals surface area contributed by atoms with E-state index < -0.39 is 11.7 Å². The number of aromatic nitrogens is 4. The lowest BCUT2D eigenvalue weighted by molar-refractivity contribution is -0.231. The summed E-state index contributed by atoms with van der Waals surface area (Å²) in [6.45, 7) is 2.58. The first-order valence-corrected chi connectivity index (χ1v) is 12.2. The van der Waals surface area contributed by atoms with Crippen molar-refractivity contribution in [1.29, 1.82) is 5.26 Å². The van der Waals surface area contributed by atoms with Crippen molar-refractivity contribution in [3.05, 3.63) is 60.4 Å². The van der Waals surface area contributed by atoms with Crippen LogP contribution in [0.5, 0.6) is 0 Å². The minimum absolute atomic E-state index is 0.0887. The Morgan fingerprint density at radius 2 is 2.05 bits per heavy atom. The van der Waals surface area contributed by atoms with E-state index in [-0.39, 0.29) is 37.9 Å². The fourth-order valence-electron chi connectivity index (χ4n) is 3.99. The zero-order valence-corrected chi connectivity index (χ0v) is 21.1. The molecule has 0 atom stereocenters. The van der Waals surface area contributed by atoms with Gasteiger partial charge in [0.05, 0.1) is 48.2 Å². The van der Waals surface area contributed by atoms with Crippen molar-refractivity contribution in [2.75, 3.05) is 31.9 Å². The van der Waals surface area contributed by atoms with Gasteiger partial charge in [0, 0.05) is 30.7 Å². The summed E-state index contributed by atoms with van der Waals surface area (Å²) < 4.78 is 25.5. The molecule has 1 saturated heterocycles. The molecular formula is C26H26FN9O3. The Bertz CT molecular complexity index is 1420. The number of hydrazine groups is 1. The third kappa shape index (κ3) is 5.92. The molecule has 1 fully saturated rings. The standard InChI is InChI=1S/C26H26FN9O3/c1-26(24(37)30-11-2-9-28)14-38-23(39-15-26)22-33-20(17-4-6-18(27)7-5-17)21(34-22)19-8-12-31-25(32-19)35-36-13-3-10-29-16-36/h3-8,10,12-13,23H,2,11,14-16H2,1H3,(H,30,37)(H,33,34)(H,31,32,35). The summed E-state index contributed by atoms with van der Waals surface area (Å²) in [6.07, 6.45) is 6.27. The van der Waals surface area contributed by atoms with Gasteiger partial charge in [0.2, 0.25) is 18.1 Å². The van der Waals surface area contributed by atoms with Crippen LogP contribution in [0.3, 0.4) is 0 Å². The summed E-state index contributed by atoms with van der Waals surface area (Å²) in [5.74, 6) is 0.100. The number of hydrogen-bond acceptors (Lipinski definition) is 10. The molecule has 0 spiro atoms. The Kier molecular flexibility index (Phi) is 7.57. The van der Waals surface area contributed by atoms with E-state index >= 15 is 0 Å². The number of nitrogens with one attached hydrogen (secondary N) is 3. The van der Waals surface area contributed by atoms with Crippen molar-refractivity contribution in [3.8, 4) is 28.7 Å². The van der Waals surface area contributed by atoms with Gasteiger partial charge in [-0.25, -0.2) is 19.3 Å². The number of nitrogens with zero attached hydrogens (tertiary/aromatic N) is 6.